The molecule has 0 aromatic heterocycles. The molecular weight excluding hydrogens is 302 g/mol. The third-order valence-corrected chi connectivity index (χ3v) is 5.14. The highest BCUT2D eigenvalue weighted by Crippen LogP contribution is 2.44. The maximum absolute atomic E-state index is 12.3. The maximum atomic E-state index is 12.3. The number of carbonyl (C=O) groups excluding carboxylic acids is 1. The summed E-state index contributed by atoms with van der Waals surface area (Å²) in [6, 6.07) is 16.6. The van der Waals surface area contributed by atoms with Crippen molar-refractivity contribution in [2.75, 3.05) is 26.3 Å². The highest BCUT2D eigenvalue weighted by atomic mass is 16.6. The number of hydrogen-bond donors (Lipinski definition) is 1. The van der Waals surface area contributed by atoms with Crippen molar-refractivity contribution < 1.29 is 14.6 Å². The summed E-state index contributed by atoms with van der Waals surface area (Å²) in [5.41, 5.74) is 4.91. The molecule has 1 unspecified atom stereocenters. The van der Waals surface area contributed by atoms with Gasteiger partial charge in [-0.1, -0.05) is 48.5 Å². The second kappa shape index (κ2) is 6.29. The van der Waals surface area contributed by atoms with E-state index in [0.29, 0.717) is 19.7 Å². The van der Waals surface area contributed by atoms with E-state index in [1.54, 1.807) is 4.90 Å². The highest BCUT2D eigenvalue weighted by molar-refractivity contribution is 5.79. The number of hydrogen-bond acceptors (Lipinski definition) is 3. The SMILES string of the molecule is O=C(OCC1c2ccccc2-c2ccccc21)N1CCC(CO)C1. The number of benzene rings is 2. The van der Waals surface area contributed by atoms with Crippen molar-refractivity contribution in [3.8, 4) is 11.1 Å². The lowest BCUT2D eigenvalue weighted by Gasteiger charge is -2.19. The van der Waals surface area contributed by atoms with E-state index in [4.69, 9.17) is 4.74 Å². The average Bonchev–Trinajstić information content (AvgIpc) is 3.23. The molecule has 4 heteroatoms. The fourth-order valence-electron chi connectivity index (χ4n) is 3.83. The lowest BCUT2D eigenvalue weighted by molar-refractivity contribution is 0.105. The van der Waals surface area contributed by atoms with Crippen molar-refractivity contribution in [2.24, 2.45) is 5.92 Å². The van der Waals surface area contributed by atoms with Gasteiger partial charge in [0, 0.05) is 31.5 Å². The van der Waals surface area contributed by atoms with Crippen molar-refractivity contribution in [1.82, 2.24) is 4.90 Å². The molecular formula is C20H21NO3. The Bertz CT molecular complexity index is 713. The summed E-state index contributed by atoms with van der Waals surface area (Å²) in [5, 5.41) is 9.21. The van der Waals surface area contributed by atoms with Crippen LogP contribution < -0.4 is 0 Å². The van der Waals surface area contributed by atoms with Gasteiger partial charge < -0.3 is 14.7 Å². The van der Waals surface area contributed by atoms with Gasteiger partial charge in [0.25, 0.3) is 0 Å². The molecule has 124 valence electrons. The van der Waals surface area contributed by atoms with Crippen molar-refractivity contribution >= 4 is 6.09 Å². The zero-order valence-electron chi connectivity index (χ0n) is 13.5. The van der Waals surface area contributed by atoms with E-state index in [-0.39, 0.29) is 24.5 Å². The van der Waals surface area contributed by atoms with Crippen molar-refractivity contribution in [3.05, 3.63) is 59.7 Å². The first-order chi connectivity index (χ1) is 11.8. The predicted molar refractivity (Wildman–Crippen MR) is 91.8 cm³/mol. The van der Waals surface area contributed by atoms with Gasteiger partial charge in [-0.25, -0.2) is 4.79 Å². The third kappa shape index (κ3) is 2.57. The zero-order chi connectivity index (χ0) is 16.5. The Kier molecular flexibility index (Phi) is 3.98. The molecule has 24 heavy (non-hydrogen) atoms. The first-order valence-corrected chi connectivity index (χ1v) is 8.48. The van der Waals surface area contributed by atoms with Crippen LogP contribution in [-0.4, -0.2) is 42.4 Å². The van der Waals surface area contributed by atoms with Gasteiger partial charge in [0.2, 0.25) is 0 Å². The normalized spacial score (nSPS) is 19.2. The smallest absolute Gasteiger partial charge is 0.409 e. The van der Waals surface area contributed by atoms with E-state index in [0.717, 1.165) is 6.42 Å². The van der Waals surface area contributed by atoms with Crippen molar-refractivity contribution in [3.63, 3.8) is 0 Å². The molecule has 4 rings (SSSR count). The van der Waals surface area contributed by atoms with Crippen LogP contribution in [0.3, 0.4) is 0 Å². The fourth-order valence-corrected chi connectivity index (χ4v) is 3.83. The molecule has 2 aromatic carbocycles. The average molecular weight is 323 g/mol. The van der Waals surface area contributed by atoms with Gasteiger partial charge in [0.1, 0.15) is 6.61 Å². The number of rotatable bonds is 3. The van der Waals surface area contributed by atoms with Gasteiger partial charge >= 0.3 is 6.09 Å². The van der Waals surface area contributed by atoms with Gasteiger partial charge in [-0.15, -0.1) is 0 Å². The molecule has 2 aliphatic rings. The van der Waals surface area contributed by atoms with E-state index < -0.39 is 0 Å². The molecule has 1 amide bonds. The molecule has 1 N–H and O–H groups in total. The van der Waals surface area contributed by atoms with E-state index in [2.05, 4.69) is 24.3 Å². The minimum Gasteiger partial charge on any atom is -0.448 e. The number of ether oxygens (including phenoxy) is 1. The number of nitrogens with zero attached hydrogens (tertiary/aromatic N) is 1. The zero-order valence-corrected chi connectivity index (χ0v) is 13.5. The Morgan fingerprint density at radius 1 is 1.08 bits per heavy atom. The van der Waals surface area contributed by atoms with Crippen LogP contribution in [0.1, 0.15) is 23.5 Å². The first-order valence-electron chi connectivity index (χ1n) is 8.48. The molecule has 1 saturated heterocycles. The molecule has 0 spiro atoms. The summed E-state index contributed by atoms with van der Waals surface area (Å²) in [5.74, 6) is 0.281. The summed E-state index contributed by atoms with van der Waals surface area (Å²) < 4.78 is 5.62. The predicted octanol–water partition coefficient (Wildman–Crippen LogP) is 3.25. The topological polar surface area (TPSA) is 49.8 Å². The van der Waals surface area contributed by atoms with Crippen molar-refractivity contribution in [1.29, 1.82) is 0 Å². The van der Waals surface area contributed by atoms with Crippen LogP contribution in [0.15, 0.2) is 48.5 Å². The molecule has 1 heterocycles. The van der Waals surface area contributed by atoms with Crippen LogP contribution >= 0.6 is 0 Å². The monoisotopic (exact) mass is 323 g/mol. The second-order valence-corrected chi connectivity index (χ2v) is 6.59. The van der Waals surface area contributed by atoms with E-state index in [1.807, 2.05) is 24.3 Å². The van der Waals surface area contributed by atoms with E-state index >= 15 is 0 Å². The van der Waals surface area contributed by atoms with Crippen LogP contribution in [0.25, 0.3) is 11.1 Å². The number of aliphatic hydroxyl groups is 1. The van der Waals surface area contributed by atoms with Gasteiger partial charge in [0.05, 0.1) is 0 Å². The standard InChI is InChI=1S/C20H21NO3/c22-12-14-9-10-21(11-14)20(23)24-13-19-17-7-3-1-5-15(17)16-6-2-4-8-18(16)19/h1-8,14,19,22H,9-13H2. The molecule has 0 radical (unpaired) electrons. The molecule has 1 atom stereocenters. The van der Waals surface area contributed by atoms with Crippen molar-refractivity contribution in [2.45, 2.75) is 12.3 Å². The summed E-state index contributed by atoms with van der Waals surface area (Å²) >= 11 is 0. The summed E-state index contributed by atoms with van der Waals surface area (Å²) in [6.45, 7) is 1.75. The van der Waals surface area contributed by atoms with E-state index in [1.165, 1.54) is 22.3 Å². The Labute approximate surface area is 141 Å². The number of aliphatic hydroxyl groups excluding tert-OH is 1. The summed E-state index contributed by atoms with van der Waals surface area (Å²) in [7, 11) is 0. The molecule has 0 bridgehead atoms. The van der Waals surface area contributed by atoms with Gasteiger partial charge in [-0.05, 0) is 28.7 Å². The Hall–Kier alpha value is -2.33. The van der Waals surface area contributed by atoms with Crippen LogP contribution in [0.4, 0.5) is 4.79 Å². The Balaban J connectivity index is 1.50. The second-order valence-electron chi connectivity index (χ2n) is 6.59. The Morgan fingerprint density at radius 3 is 2.29 bits per heavy atom. The number of amides is 1. The largest absolute Gasteiger partial charge is 0.448 e. The molecule has 1 fully saturated rings. The fraction of sp³-hybridized carbons (Fsp3) is 0.350. The number of carbonyl (C=O) groups is 1. The quantitative estimate of drug-likeness (QED) is 0.943. The Morgan fingerprint density at radius 2 is 1.71 bits per heavy atom. The highest BCUT2D eigenvalue weighted by Gasteiger charge is 2.31. The van der Waals surface area contributed by atoms with Gasteiger partial charge in [0.15, 0.2) is 0 Å². The van der Waals surface area contributed by atoms with Crippen LogP contribution in [0.2, 0.25) is 0 Å². The van der Waals surface area contributed by atoms with E-state index in [9.17, 15) is 9.90 Å². The number of fused-ring (bicyclic) bond motifs is 3. The van der Waals surface area contributed by atoms with Crippen LogP contribution in [0, 0.1) is 5.92 Å². The third-order valence-electron chi connectivity index (χ3n) is 5.14. The minimum absolute atomic E-state index is 0.0950. The molecule has 4 nitrogen and oxygen atoms in total. The molecule has 1 aliphatic heterocycles. The molecule has 2 aromatic rings. The maximum Gasteiger partial charge on any atom is 0.409 e. The van der Waals surface area contributed by atoms with Gasteiger partial charge in [-0.3, -0.25) is 0 Å². The lowest BCUT2D eigenvalue weighted by atomic mass is 9.98. The minimum atomic E-state index is -0.271. The lowest BCUT2D eigenvalue weighted by Crippen LogP contribution is -2.30. The van der Waals surface area contributed by atoms with Crippen LogP contribution in [0.5, 0.6) is 0 Å². The number of likely N-dealkylation sites (tertiary alicyclic amines) is 1. The molecule has 1 aliphatic carbocycles. The summed E-state index contributed by atoms with van der Waals surface area (Å²) in [6.07, 6.45) is 0.577. The van der Waals surface area contributed by atoms with Crippen LogP contribution in [-0.2, 0) is 4.74 Å². The summed E-state index contributed by atoms with van der Waals surface area (Å²) in [4.78, 5) is 14.0. The first kappa shape index (κ1) is 15.2. The van der Waals surface area contributed by atoms with Gasteiger partial charge in [-0.2, -0.15) is 0 Å². The molecule has 0 saturated carbocycles.